The van der Waals surface area contributed by atoms with Crippen molar-refractivity contribution in [3.8, 4) is 0 Å². The largest absolute Gasteiger partial charge is 0.297 e. The van der Waals surface area contributed by atoms with Gasteiger partial charge in [0.1, 0.15) is 0 Å². The highest BCUT2D eigenvalue weighted by Crippen LogP contribution is 2.25. The lowest BCUT2D eigenvalue weighted by Crippen LogP contribution is -1.87. The van der Waals surface area contributed by atoms with Crippen LogP contribution in [0.4, 0.5) is 5.69 Å². The van der Waals surface area contributed by atoms with Crippen LogP contribution in [0.25, 0.3) is 0 Å². The molecule has 0 aliphatic rings. The molecule has 0 aliphatic carbocycles. The highest BCUT2D eigenvalue weighted by Gasteiger charge is 2.02. The van der Waals surface area contributed by atoms with Crippen LogP contribution in [-0.2, 0) is 4.79 Å². The number of hydrogen-bond acceptors (Lipinski definition) is 2. The summed E-state index contributed by atoms with van der Waals surface area (Å²) in [5.41, 5.74) is 2.05. The highest BCUT2D eigenvalue weighted by atomic mass is 16.1. The van der Waals surface area contributed by atoms with Crippen LogP contribution in [0.15, 0.2) is 29.3 Å². The summed E-state index contributed by atoms with van der Waals surface area (Å²) in [6.07, 6.45) is 1.97. The molecule has 0 unspecified atom stereocenters. The molecular weight excluding hydrogens is 162 g/mol. The topological polar surface area (TPSA) is 29.4 Å². The quantitative estimate of drug-likeness (QED) is 0.513. The summed E-state index contributed by atoms with van der Waals surface area (Å²) in [5.74, 6) is 0.431. The van der Waals surface area contributed by atoms with Crippen LogP contribution in [0.1, 0.15) is 25.3 Å². The summed E-state index contributed by atoms with van der Waals surface area (Å²) in [6, 6.07) is 7.84. The summed E-state index contributed by atoms with van der Waals surface area (Å²) in [5, 5.41) is 0. The number of carbonyl (C=O) groups is 1. The third-order valence-electron chi connectivity index (χ3n) is 1.83. The fourth-order valence-corrected chi connectivity index (χ4v) is 1.20. The fourth-order valence-electron chi connectivity index (χ4n) is 1.20. The van der Waals surface area contributed by atoms with Gasteiger partial charge in [-0.2, -0.15) is 0 Å². The van der Waals surface area contributed by atoms with E-state index in [4.69, 9.17) is 0 Å². The van der Waals surface area contributed by atoms with Crippen LogP contribution in [0, 0.1) is 0 Å². The van der Waals surface area contributed by atoms with Crippen LogP contribution in [0.5, 0.6) is 0 Å². The molecule has 13 heavy (non-hydrogen) atoms. The molecule has 0 radical (unpaired) electrons. The van der Waals surface area contributed by atoms with E-state index in [1.165, 1.54) is 11.8 Å². The van der Waals surface area contributed by atoms with E-state index in [1.807, 2.05) is 24.3 Å². The summed E-state index contributed by atoms with van der Waals surface area (Å²) in [6.45, 7) is 4.21. The van der Waals surface area contributed by atoms with Crippen LogP contribution in [0.2, 0.25) is 0 Å². The van der Waals surface area contributed by atoms with E-state index >= 15 is 0 Å². The van der Waals surface area contributed by atoms with Crippen molar-refractivity contribution in [3.63, 3.8) is 0 Å². The van der Waals surface area contributed by atoms with Gasteiger partial charge in [-0.1, -0.05) is 32.0 Å². The third-order valence-corrected chi connectivity index (χ3v) is 1.83. The Hall–Kier alpha value is -1.44. The SMILES string of the molecule is CC(C)c1ccccc1/N=C/C=O. The number of rotatable bonds is 3. The third kappa shape index (κ3) is 2.51. The van der Waals surface area contributed by atoms with Gasteiger partial charge in [-0.05, 0) is 17.5 Å². The normalized spacial score (nSPS) is 11.0. The molecule has 0 fully saturated rings. The van der Waals surface area contributed by atoms with Crippen molar-refractivity contribution in [3.05, 3.63) is 29.8 Å². The van der Waals surface area contributed by atoms with E-state index < -0.39 is 0 Å². The molecule has 2 heteroatoms. The molecule has 0 N–H and O–H groups in total. The van der Waals surface area contributed by atoms with Gasteiger partial charge in [0.2, 0.25) is 0 Å². The molecular formula is C11H13NO. The Morgan fingerprint density at radius 3 is 2.62 bits per heavy atom. The molecule has 1 aromatic rings. The first-order chi connectivity index (χ1) is 6.25. The molecule has 1 aromatic carbocycles. The zero-order valence-corrected chi connectivity index (χ0v) is 7.90. The molecule has 0 saturated heterocycles. The lowest BCUT2D eigenvalue weighted by atomic mass is 10.0. The Balaban J connectivity index is 3.04. The van der Waals surface area contributed by atoms with Crippen molar-refractivity contribution in [1.82, 2.24) is 0 Å². The highest BCUT2D eigenvalue weighted by molar-refractivity contribution is 6.13. The monoisotopic (exact) mass is 175 g/mol. The van der Waals surface area contributed by atoms with Gasteiger partial charge >= 0.3 is 0 Å². The molecule has 0 saturated carbocycles. The predicted molar refractivity (Wildman–Crippen MR) is 54.7 cm³/mol. The van der Waals surface area contributed by atoms with Gasteiger partial charge in [-0.3, -0.25) is 9.79 Å². The van der Waals surface area contributed by atoms with E-state index in [9.17, 15) is 4.79 Å². The van der Waals surface area contributed by atoms with Gasteiger partial charge in [0.15, 0.2) is 6.29 Å². The maximum atomic E-state index is 10.1. The predicted octanol–water partition coefficient (Wildman–Crippen LogP) is 2.71. The van der Waals surface area contributed by atoms with Gasteiger partial charge in [0.25, 0.3) is 0 Å². The number of carbonyl (C=O) groups excluding carboxylic acids is 1. The second-order valence-corrected chi connectivity index (χ2v) is 3.13. The van der Waals surface area contributed by atoms with Gasteiger partial charge in [-0.25, -0.2) is 0 Å². The minimum atomic E-state index is 0.431. The summed E-state index contributed by atoms with van der Waals surface area (Å²) < 4.78 is 0. The molecule has 2 nitrogen and oxygen atoms in total. The number of hydrogen-bond donors (Lipinski definition) is 0. The van der Waals surface area contributed by atoms with E-state index in [1.54, 1.807) is 0 Å². The summed E-state index contributed by atoms with van der Waals surface area (Å²) in [4.78, 5) is 14.2. The van der Waals surface area contributed by atoms with E-state index in [2.05, 4.69) is 18.8 Å². The van der Waals surface area contributed by atoms with Crippen molar-refractivity contribution in [2.24, 2.45) is 4.99 Å². The maximum Gasteiger partial charge on any atom is 0.161 e. The molecule has 0 amide bonds. The van der Waals surface area contributed by atoms with Crippen molar-refractivity contribution in [2.75, 3.05) is 0 Å². The molecule has 1 rings (SSSR count). The zero-order valence-electron chi connectivity index (χ0n) is 7.90. The summed E-state index contributed by atoms with van der Waals surface area (Å²) in [7, 11) is 0. The molecule has 0 aliphatic heterocycles. The number of aliphatic imine (C=N–C) groups is 1. The van der Waals surface area contributed by atoms with E-state index in [0.29, 0.717) is 12.2 Å². The first kappa shape index (κ1) is 9.65. The standard InChI is InChI=1S/C11H13NO/c1-9(2)10-5-3-4-6-11(10)12-7-8-13/h3-9H,1-2H3/b12-7+. The average Bonchev–Trinajstić information content (AvgIpc) is 2.15. The Kier molecular flexibility index (Phi) is 3.38. The van der Waals surface area contributed by atoms with Crippen LogP contribution in [0.3, 0.4) is 0 Å². The molecule has 0 heterocycles. The number of benzene rings is 1. The van der Waals surface area contributed by atoms with Gasteiger partial charge in [0.05, 0.1) is 11.9 Å². The second kappa shape index (κ2) is 4.55. The molecule has 68 valence electrons. The van der Waals surface area contributed by atoms with Crippen LogP contribution >= 0.6 is 0 Å². The minimum absolute atomic E-state index is 0.431. The maximum absolute atomic E-state index is 10.1. The number of aldehydes is 1. The van der Waals surface area contributed by atoms with Gasteiger partial charge in [-0.15, -0.1) is 0 Å². The van der Waals surface area contributed by atoms with E-state index in [-0.39, 0.29) is 0 Å². The van der Waals surface area contributed by atoms with Crippen molar-refractivity contribution in [2.45, 2.75) is 19.8 Å². The smallest absolute Gasteiger partial charge is 0.161 e. The van der Waals surface area contributed by atoms with Gasteiger partial charge in [0, 0.05) is 0 Å². The van der Waals surface area contributed by atoms with Crippen molar-refractivity contribution >= 4 is 18.2 Å². The Morgan fingerprint density at radius 1 is 1.31 bits per heavy atom. The Morgan fingerprint density at radius 2 is 2.00 bits per heavy atom. The fraction of sp³-hybridized carbons (Fsp3) is 0.273. The van der Waals surface area contributed by atoms with Crippen LogP contribution < -0.4 is 0 Å². The van der Waals surface area contributed by atoms with Crippen LogP contribution in [-0.4, -0.2) is 12.5 Å². The van der Waals surface area contributed by atoms with E-state index in [0.717, 1.165) is 5.69 Å². The molecule has 0 aromatic heterocycles. The molecule has 0 spiro atoms. The first-order valence-electron chi connectivity index (χ1n) is 4.32. The first-order valence-corrected chi connectivity index (χ1v) is 4.32. The lowest BCUT2D eigenvalue weighted by molar-refractivity contribution is -0.102. The molecule has 0 atom stereocenters. The second-order valence-electron chi connectivity index (χ2n) is 3.13. The van der Waals surface area contributed by atoms with Gasteiger partial charge < -0.3 is 0 Å². The van der Waals surface area contributed by atoms with Crippen molar-refractivity contribution < 1.29 is 4.79 Å². The lowest BCUT2D eigenvalue weighted by Gasteiger charge is -2.07. The Bertz CT molecular complexity index is 316. The number of nitrogens with zero attached hydrogens (tertiary/aromatic N) is 1. The summed E-state index contributed by atoms with van der Waals surface area (Å²) >= 11 is 0. The zero-order chi connectivity index (χ0) is 9.68. The van der Waals surface area contributed by atoms with Crippen molar-refractivity contribution in [1.29, 1.82) is 0 Å². The average molecular weight is 175 g/mol. The Labute approximate surface area is 78.3 Å². The minimum Gasteiger partial charge on any atom is -0.297 e. The number of para-hydroxylation sites is 1. The molecule has 0 bridgehead atoms.